The van der Waals surface area contributed by atoms with E-state index < -0.39 is 0 Å². The zero-order chi connectivity index (χ0) is 15.6. The van der Waals surface area contributed by atoms with Crippen LogP contribution in [0.2, 0.25) is 0 Å². The van der Waals surface area contributed by atoms with Crippen LogP contribution in [0.15, 0.2) is 23.0 Å². The van der Waals surface area contributed by atoms with Gasteiger partial charge in [0.05, 0.1) is 19.1 Å². The molecule has 2 saturated heterocycles. The highest BCUT2D eigenvalue weighted by molar-refractivity contribution is 5.87. The van der Waals surface area contributed by atoms with Crippen LogP contribution in [0.25, 0.3) is 0 Å². The van der Waals surface area contributed by atoms with Crippen LogP contribution in [-0.2, 0) is 11.3 Å². The van der Waals surface area contributed by atoms with Gasteiger partial charge in [0.2, 0.25) is 5.91 Å². The second-order valence-corrected chi connectivity index (χ2v) is 6.38. The van der Waals surface area contributed by atoms with Crippen LogP contribution in [0.4, 0.5) is 0 Å². The first-order chi connectivity index (χ1) is 10.7. The second-order valence-electron chi connectivity index (χ2n) is 6.38. The van der Waals surface area contributed by atoms with Gasteiger partial charge in [0, 0.05) is 44.8 Å². The zero-order valence-corrected chi connectivity index (χ0v) is 13.2. The first-order valence-corrected chi connectivity index (χ1v) is 8.00. The molecule has 0 atom stereocenters. The standard InChI is InChI=1S/C16H25N3O3/c1-17-7-8-19(9-10-20)15(21)16(17)3-5-18(6-4-16)12-14-2-11-22-13-14/h2,11,13,20H,3-10,12H2,1H3. The van der Waals surface area contributed by atoms with Gasteiger partial charge >= 0.3 is 0 Å². The molecule has 122 valence electrons. The number of piperidine rings is 1. The number of hydrogen-bond acceptors (Lipinski definition) is 5. The van der Waals surface area contributed by atoms with Crippen molar-refractivity contribution in [3.63, 3.8) is 0 Å². The van der Waals surface area contributed by atoms with Crippen molar-refractivity contribution in [1.29, 1.82) is 0 Å². The van der Waals surface area contributed by atoms with Gasteiger partial charge in [-0.05, 0) is 26.0 Å². The summed E-state index contributed by atoms with van der Waals surface area (Å²) in [6.45, 7) is 4.79. The molecular formula is C16H25N3O3. The molecule has 1 amide bonds. The number of hydrogen-bond donors (Lipinski definition) is 1. The van der Waals surface area contributed by atoms with Crippen molar-refractivity contribution in [1.82, 2.24) is 14.7 Å². The number of aliphatic hydroxyl groups excluding tert-OH is 1. The molecule has 0 unspecified atom stereocenters. The number of aliphatic hydroxyl groups is 1. The smallest absolute Gasteiger partial charge is 0.243 e. The monoisotopic (exact) mass is 307 g/mol. The highest BCUT2D eigenvalue weighted by atomic mass is 16.3. The molecule has 2 fully saturated rings. The molecule has 2 aliphatic heterocycles. The van der Waals surface area contributed by atoms with Crippen LogP contribution in [0.5, 0.6) is 0 Å². The first-order valence-electron chi connectivity index (χ1n) is 8.00. The lowest BCUT2D eigenvalue weighted by Crippen LogP contribution is -2.67. The van der Waals surface area contributed by atoms with E-state index in [2.05, 4.69) is 16.8 Å². The number of likely N-dealkylation sites (N-methyl/N-ethyl adjacent to an activating group) is 1. The Hall–Kier alpha value is -1.37. The van der Waals surface area contributed by atoms with Crippen LogP contribution in [0.1, 0.15) is 18.4 Å². The lowest BCUT2D eigenvalue weighted by atomic mass is 9.82. The Morgan fingerprint density at radius 1 is 1.27 bits per heavy atom. The summed E-state index contributed by atoms with van der Waals surface area (Å²) in [6, 6.07) is 1.99. The van der Waals surface area contributed by atoms with E-state index in [0.29, 0.717) is 6.54 Å². The Labute approximate surface area is 131 Å². The molecular weight excluding hydrogens is 282 g/mol. The van der Waals surface area contributed by atoms with Crippen molar-refractivity contribution in [3.05, 3.63) is 24.2 Å². The Morgan fingerprint density at radius 2 is 2.05 bits per heavy atom. The summed E-state index contributed by atoms with van der Waals surface area (Å²) >= 11 is 0. The quantitative estimate of drug-likeness (QED) is 0.871. The third kappa shape index (κ3) is 2.78. The van der Waals surface area contributed by atoms with E-state index in [1.165, 1.54) is 5.56 Å². The molecule has 1 aromatic heterocycles. The van der Waals surface area contributed by atoms with Gasteiger partial charge in [-0.15, -0.1) is 0 Å². The number of rotatable bonds is 4. The van der Waals surface area contributed by atoms with Crippen molar-refractivity contribution < 1.29 is 14.3 Å². The molecule has 1 spiro atoms. The summed E-state index contributed by atoms with van der Waals surface area (Å²) in [6.07, 6.45) is 5.18. The molecule has 1 aromatic rings. The molecule has 22 heavy (non-hydrogen) atoms. The third-order valence-electron chi connectivity index (χ3n) is 5.16. The molecule has 0 saturated carbocycles. The number of amides is 1. The zero-order valence-electron chi connectivity index (χ0n) is 13.2. The predicted octanol–water partition coefficient (Wildman–Crippen LogP) is 0.381. The van der Waals surface area contributed by atoms with Crippen molar-refractivity contribution in [3.8, 4) is 0 Å². The lowest BCUT2D eigenvalue weighted by Gasteiger charge is -2.51. The maximum atomic E-state index is 12.9. The average molecular weight is 307 g/mol. The minimum absolute atomic E-state index is 0.0398. The van der Waals surface area contributed by atoms with Crippen LogP contribution in [-0.4, -0.2) is 77.6 Å². The summed E-state index contributed by atoms with van der Waals surface area (Å²) in [7, 11) is 2.06. The maximum Gasteiger partial charge on any atom is 0.243 e. The minimum Gasteiger partial charge on any atom is -0.472 e. The Balaban J connectivity index is 1.65. The fourth-order valence-electron chi connectivity index (χ4n) is 3.70. The summed E-state index contributed by atoms with van der Waals surface area (Å²) < 4.78 is 5.12. The highest BCUT2D eigenvalue weighted by Gasteiger charge is 2.48. The van der Waals surface area contributed by atoms with E-state index in [1.54, 1.807) is 12.5 Å². The maximum absolute atomic E-state index is 12.9. The number of β-amino-alcohol motifs (C(OH)–C–C–N with tert-alkyl or cyclic N) is 1. The van der Waals surface area contributed by atoms with Gasteiger partial charge in [-0.3, -0.25) is 14.6 Å². The van der Waals surface area contributed by atoms with Gasteiger partial charge in [0.1, 0.15) is 5.54 Å². The summed E-state index contributed by atoms with van der Waals surface area (Å²) in [5, 5.41) is 9.15. The third-order valence-corrected chi connectivity index (χ3v) is 5.16. The Bertz CT molecular complexity index is 495. The van der Waals surface area contributed by atoms with E-state index in [9.17, 15) is 4.79 Å². The number of piperazine rings is 1. The van der Waals surface area contributed by atoms with Gasteiger partial charge in [0.15, 0.2) is 0 Å². The molecule has 3 heterocycles. The number of likely N-dealkylation sites (tertiary alicyclic amines) is 1. The first kappa shape index (κ1) is 15.5. The molecule has 6 heteroatoms. The molecule has 0 radical (unpaired) electrons. The number of furan rings is 1. The fraction of sp³-hybridized carbons (Fsp3) is 0.688. The molecule has 2 aliphatic rings. The minimum atomic E-state index is -0.375. The molecule has 0 aromatic carbocycles. The molecule has 0 bridgehead atoms. The number of carbonyl (C=O) groups is 1. The SMILES string of the molecule is CN1CCN(CCO)C(=O)C12CCN(Cc1ccoc1)CC2. The topological polar surface area (TPSA) is 60.2 Å². The van der Waals surface area contributed by atoms with Crippen molar-refractivity contribution in [2.45, 2.75) is 24.9 Å². The number of nitrogens with zero attached hydrogens (tertiary/aromatic N) is 3. The Kier molecular flexibility index (Phi) is 4.52. The molecule has 1 N–H and O–H groups in total. The average Bonchev–Trinajstić information content (AvgIpc) is 3.03. The Morgan fingerprint density at radius 3 is 2.68 bits per heavy atom. The lowest BCUT2D eigenvalue weighted by molar-refractivity contribution is -0.154. The molecule has 6 nitrogen and oxygen atoms in total. The van der Waals surface area contributed by atoms with E-state index in [0.717, 1.165) is 45.6 Å². The largest absolute Gasteiger partial charge is 0.472 e. The van der Waals surface area contributed by atoms with Crippen molar-refractivity contribution in [2.75, 3.05) is 46.4 Å². The van der Waals surface area contributed by atoms with E-state index in [-0.39, 0.29) is 18.1 Å². The molecule has 3 rings (SSSR count). The number of carbonyl (C=O) groups excluding carboxylic acids is 1. The summed E-state index contributed by atoms with van der Waals surface area (Å²) in [5.41, 5.74) is 0.807. The second kappa shape index (κ2) is 6.40. The normalized spacial score (nSPS) is 23.4. The van der Waals surface area contributed by atoms with Gasteiger partial charge in [0.25, 0.3) is 0 Å². The van der Waals surface area contributed by atoms with Crippen LogP contribution < -0.4 is 0 Å². The fourth-order valence-corrected chi connectivity index (χ4v) is 3.70. The van der Waals surface area contributed by atoms with Crippen LogP contribution in [0, 0.1) is 0 Å². The summed E-state index contributed by atoms with van der Waals surface area (Å²) in [5.74, 6) is 0.193. The van der Waals surface area contributed by atoms with E-state index >= 15 is 0 Å². The van der Waals surface area contributed by atoms with Crippen molar-refractivity contribution >= 4 is 5.91 Å². The molecule has 0 aliphatic carbocycles. The van der Waals surface area contributed by atoms with Gasteiger partial charge in [-0.1, -0.05) is 0 Å². The predicted molar refractivity (Wildman–Crippen MR) is 82.2 cm³/mol. The highest BCUT2D eigenvalue weighted by Crippen LogP contribution is 2.33. The van der Waals surface area contributed by atoms with Gasteiger partial charge < -0.3 is 14.4 Å². The van der Waals surface area contributed by atoms with Gasteiger partial charge in [-0.25, -0.2) is 0 Å². The van der Waals surface area contributed by atoms with Gasteiger partial charge in [-0.2, -0.15) is 0 Å². The summed E-state index contributed by atoms with van der Waals surface area (Å²) in [4.78, 5) is 19.3. The van der Waals surface area contributed by atoms with Crippen LogP contribution in [0.3, 0.4) is 0 Å². The van der Waals surface area contributed by atoms with E-state index in [4.69, 9.17) is 9.52 Å². The van der Waals surface area contributed by atoms with Crippen LogP contribution >= 0.6 is 0 Å². The van der Waals surface area contributed by atoms with E-state index in [1.807, 2.05) is 11.0 Å². The van der Waals surface area contributed by atoms with Crippen molar-refractivity contribution in [2.24, 2.45) is 0 Å².